The molecule has 0 spiro atoms. The van der Waals surface area contributed by atoms with E-state index in [-0.39, 0.29) is 0 Å². The zero-order valence-electron chi connectivity index (χ0n) is 15.5. The summed E-state index contributed by atoms with van der Waals surface area (Å²) in [6.45, 7) is 4.51. The summed E-state index contributed by atoms with van der Waals surface area (Å²) in [4.78, 5) is 2.36. The zero-order chi connectivity index (χ0) is 17.3. The first-order valence-corrected chi connectivity index (χ1v) is 8.93. The maximum Gasteiger partial charge on any atom is 0.122 e. The molecule has 0 saturated heterocycles. The molecule has 0 radical (unpaired) electrons. The average molecular weight is 323 g/mol. The molecule has 1 aliphatic rings. The minimum atomic E-state index is 0.399. The van der Waals surface area contributed by atoms with Gasteiger partial charge in [0, 0.05) is 17.5 Å². The van der Waals surface area contributed by atoms with E-state index >= 15 is 0 Å². The molecule has 2 nitrogen and oxygen atoms in total. The molecular formula is C22H29NO. The Morgan fingerprint density at radius 3 is 2.46 bits per heavy atom. The van der Waals surface area contributed by atoms with E-state index in [1.165, 1.54) is 22.3 Å². The molecule has 2 aromatic carbocycles. The Bertz CT molecular complexity index is 705. The standard InChI is InChI=1S/C22H29NO/c1-15(2)16-10-11-22(24-5)21(13-16)20-14-18(23(3)4)12-17-8-6-7-9-19(17)20/h6-11,13,15,18,20H,12,14H2,1-5H3. The molecule has 128 valence electrons. The number of rotatable bonds is 4. The van der Waals surface area contributed by atoms with Crippen molar-refractivity contribution in [2.45, 2.75) is 44.6 Å². The number of ether oxygens (including phenoxy) is 1. The maximum atomic E-state index is 5.73. The van der Waals surface area contributed by atoms with Crippen molar-refractivity contribution in [2.75, 3.05) is 21.2 Å². The van der Waals surface area contributed by atoms with Crippen LogP contribution in [0, 0.1) is 0 Å². The van der Waals surface area contributed by atoms with Crippen LogP contribution in [-0.2, 0) is 6.42 Å². The minimum absolute atomic E-state index is 0.399. The van der Waals surface area contributed by atoms with Gasteiger partial charge in [-0.05, 0) is 55.6 Å². The number of hydrogen-bond donors (Lipinski definition) is 0. The lowest BCUT2D eigenvalue weighted by Gasteiger charge is -2.36. The zero-order valence-corrected chi connectivity index (χ0v) is 15.5. The second-order valence-corrected chi connectivity index (χ2v) is 7.46. The molecule has 0 heterocycles. The molecule has 24 heavy (non-hydrogen) atoms. The fourth-order valence-corrected chi connectivity index (χ4v) is 3.87. The summed E-state index contributed by atoms with van der Waals surface area (Å²) in [5.74, 6) is 1.94. The van der Waals surface area contributed by atoms with Crippen LogP contribution in [0.15, 0.2) is 42.5 Å². The van der Waals surface area contributed by atoms with Crippen LogP contribution in [0.3, 0.4) is 0 Å². The van der Waals surface area contributed by atoms with E-state index in [1.54, 1.807) is 7.11 Å². The number of likely N-dealkylation sites (N-methyl/N-ethyl adjacent to an activating group) is 1. The summed E-state index contributed by atoms with van der Waals surface area (Å²) in [7, 11) is 6.17. The smallest absolute Gasteiger partial charge is 0.122 e. The normalized spacial score (nSPS) is 20.3. The van der Waals surface area contributed by atoms with Gasteiger partial charge in [0.05, 0.1) is 7.11 Å². The number of fused-ring (bicyclic) bond motifs is 1. The topological polar surface area (TPSA) is 12.5 Å². The fourth-order valence-electron chi connectivity index (χ4n) is 3.87. The van der Waals surface area contributed by atoms with Crippen molar-refractivity contribution in [2.24, 2.45) is 0 Å². The molecule has 0 bridgehead atoms. The summed E-state index contributed by atoms with van der Waals surface area (Å²) in [6, 6.07) is 16.2. The first-order valence-electron chi connectivity index (χ1n) is 8.93. The van der Waals surface area contributed by atoms with Crippen molar-refractivity contribution < 1.29 is 4.74 Å². The predicted octanol–water partition coefficient (Wildman–Crippen LogP) is 4.83. The lowest BCUT2D eigenvalue weighted by Crippen LogP contribution is -2.35. The van der Waals surface area contributed by atoms with E-state index in [9.17, 15) is 0 Å². The van der Waals surface area contributed by atoms with E-state index in [2.05, 4.69) is 75.3 Å². The van der Waals surface area contributed by atoms with Crippen LogP contribution in [0.25, 0.3) is 0 Å². The number of hydrogen-bond acceptors (Lipinski definition) is 2. The van der Waals surface area contributed by atoms with Crippen molar-refractivity contribution in [3.63, 3.8) is 0 Å². The summed E-state index contributed by atoms with van der Waals surface area (Å²) in [6.07, 6.45) is 2.27. The van der Waals surface area contributed by atoms with E-state index in [0.29, 0.717) is 17.9 Å². The highest BCUT2D eigenvalue weighted by atomic mass is 16.5. The van der Waals surface area contributed by atoms with Gasteiger partial charge >= 0.3 is 0 Å². The SMILES string of the molecule is COc1ccc(C(C)C)cc1C1CC(N(C)C)Cc2ccccc21. The van der Waals surface area contributed by atoms with Crippen molar-refractivity contribution >= 4 is 0 Å². The third kappa shape index (κ3) is 3.21. The second-order valence-electron chi connectivity index (χ2n) is 7.46. The Balaban J connectivity index is 2.11. The van der Waals surface area contributed by atoms with Crippen LogP contribution in [0.2, 0.25) is 0 Å². The van der Waals surface area contributed by atoms with Gasteiger partial charge < -0.3 is 9.64 Å². The maximum absolute atomic E-state index is 5.73. The summed E-state index contributed by atoms with van der Waals surface area (Å²) in [5, 5.41) is 0. The Labute approximate surface area is 146 Å². The van der Waals surface area contributed by atoms with Crippen molar-refractivity contribution in [1.82, 2.24) is 4.90 Å². The quantitative estimate of drug-likeness (QED) is 0.799. The van der Waals surface area contributed by atoms with Crippen LogP contribution in [0.4, 0.5) is 0 Å². The molecule has 2 heteroatoms. The molecule has 0 fully saturated rings. The molecule has 3 rings (SSSR count). The van der Waals surface area contributed by atoms with Crippen LogP contribution >= 0.6 is 0 Å². The van der Waals surface area contributed by atoms with E-state index < -0.39 is 0 Å². The van der Waals surface area contributed by atoms with Gasteiger partial charge in [0.15, 0.2) is 0 Å². The minimum Gasteiger partial charge on any atom is -0.496 e. The number of benzene rings is 2. The van der Waals surface area contributed by atoms with Crippen LogP contribution in [0.1, 0.15) is 54.4 Å². The van der Waals surface area contributed by atoms with Crippen LogP contribution < -0.4 is 4.74 Å². The van der Waals surface area contributed by atoms with E-state index in [4.69, 9.17) is 4.74 Å². The van der Waals surface area contributed by atoms with Gasteiger partial charge in [-0.3, -0.25) is 0 Å². The first-order chi connectivity index (χ1) is 11.5. The van der Waals surface area contributed by atoms with Gasteiger partial charge in [-0.1, -0.05) is 50.2 Å². The third-order valence-corrected chi connectivity index (χ3v) is 5.42. The lowest BCUT2D eigenvalue weighted by atomic mass is 9.75. The molecule has 0 saturated carbocycles. The first kappa shape index (κ1) is 17.0. The molecule has 1 aliphatic carbocycles. The van der Waals surface area contributed by atoms with Crippen molar-refractivity contribution in [3.05, 3.63) is 64.7 Å². The van der Waals surface area contributed by atoms with Crippen molar-refractivity contribution in [3.8, 4) is 5.75 Å². The summed E-state index contributed by atoms with van der Waals surface area (Å²) in [5.41, 5.74) is 5.66. The lowest BCUT2D eigenvalue weighted by molar-refractivity contribution is 0.257. The summed E-state index contributed by atoms with van der Waals surface area (Å²) < 4.78 is 5.73. The van der Waals surface area contributed by atoms with Gasteiger partial charge in [0.25, 0.3) is 0 Å². The van der Waals surface area contributed by atoms with Crippen LogP contribution in [-0.4, -0.2) is 32.1 Å². The van der Waals surface area contributed by atoms with Gasteiger partial charge in [-0.25, -0.2) is 0 Å². The van der Waals surface area contributed by atoms with Crippen LogP contribution in [0.5, 0.6) is 5.75 Å². The fraction of sp³-hybridized carbons (Fsp3) is 0.455. The molecule has 2 atom stereocenters. The third-order valence-electron chi connectivity index (χ3n) is 5.42. The van der Waals surface area contributed by atoms with E-state index in [0.717, 1.165) is 18.6 Å². The highest BCUT2D eigenvalue weighted by molar-refractivity contribution is 5.48. The molecule has 0 aromatic heterocycles. The monoisotopic (exact) mass is 323 g/mol. The second kappa shape index (κ2) is 6.98. The highest BCUT2D eigenvalue weighted by Crippen LogP contribution is 2.42. The Morgan fingerprint density at radius 2 is 1.79 bits per heavy atom. The van der Waals surface area contributed by atoms with Gasteiger partial charge in [-0.2, -0.15) is 0 Å². The molecule has 0 aliphatic heterocycles. The summed E-state index contributed by atoms with van der Waals surface area (Å²) >= 11 is 0. The van der Waals surface area contributed by atoms with Gasteiger partial charge in [0.1, 0.15) is 5.75 Å². The largest absolute Gasteiger partial charge is 0.496 e. The Kier molecular flexibility index (Phi) is 4.96. The number of nitrogens with zero attached hydrogens (tertiary/aromatic N) is 1. The van der Waals surface area contributed by atoms with E-state index in [1.807, 2.05) is 0 Å². The molecule has 0 amide bonds. The van der Waals surface area contributed by atoms with Gasteiger partial charge in [0.2, 0.25) is 0 Å². The molecule has 2 aromatic rings. The van der Waals surface area contributed by atoms with Crippen molar-refractivity contribution in [1.29, 1.82) is 0 Å². The van der Waals surface area contributed by atoms with Gasteiger partial charge in [-0.15, -0.1) is 0 Å². The average Bonchev–Trinajstić information content (AvgIpc) is 2.60. The Hall–Kier alpha value is -1.80. The predicted molar refractivity (Wildman–Crippen MR) is 101 cm³/mol. The number of methoxy groups -OCH3 is 1. The molecule has 0 N–H and O–H groups in total. The molecule has 2 unspecified atom stereocenters. The Morgan fingerprint density at radius 1 is 1.04 bits per heavy atom. The molecular weight excluding hydrogens is 294 g/mol. The highest BCUT2D eigenvalue weighted by Gasteiger charge is 2.30.